The molecule has 1 radical (unpaired) electrons. The lowest BCUT2D eigenvalue weighted by Gasteiger charge is -2.37. The van der Waals surface area contributed by atoms with Crippen molar-refractivity contribution in [3.63, 3.8) is 0 Å². The van der Waals surface area contributed by atoms with Crippen LogP contribution in [0.2, 0.25) is 10.1 Å². The molecule has 3 heteroatoms. The molecule has 0 saturated heterocycles. The molecule has 1 aromatic rings. The molecule has 0 unspecified atom stereocenters. The summed E-state index contributed by atoms with van der Waals surface area (Å²) in [5.41, 5.74) is 0. The minimum atomic E-state index is -1.07. The topological polar surface area (TPSA) is 18.5 Å². The van der Waals surface area contributed by atoms with Gasteiger partial charge in [0.25, 0.3) is 9.04 Å². The van der Waals surface area contributed by atoms with Crippen LogP contribution >= 0.6 is 0 Å². The van der Waals surface area contributed by atoms with Gasteiger partial charge in [-0.2, -0.15) is 0 Å². The fourth-order valence-corrected chi connectivity index (χ4v) is 5.68. The molecular formula is C17H29O2Si. The van der Waals surface area contributed by atoms with Crippen molar-refractivity contribution in [2.45, 2.75) is 71.6 Å². The number of rotatable bonds is 4. The highest BCUT2D eigenvalue weighted by atomic mass is 28.3. The number of ether oxygens (including phenoxy) is 1. The van der Waals surface area contributed by atoms with E-state index in [1.54, 1.807) is 0 Å². The summed E-state index contributed by atoms with van der Waals surface area (Å²) in [5, 5.41) is 0.321. The predicted octanol–water partition coefficient (Wildman–Crippen LogP) is 5.44. The first-order valence-corrected chi connectivity index (χ1v) is 8.74. The Hall–Kier alpha value is -0.963. The molecule has 0 aliphatic rings. The van der Waals surface area contributed by atoms with Crippen molar-refractivity contribution in [1.29, 1.82) is 0 Å². The second-order valence-electron chi connectivity index (χ2n) is 7.54. The molecule has 0 aliphatic carbocycles. The zero-order valence-corrected chi connectivity index (χ0v) is 15.2. The van der Waals surface area contributed by atoms with Crippen LogP contribution in [-0.2, 0) is 0 Å². The van der Waals surface area contributed by atoms with E-state index in [2.05, 4.69) is 41.5 Å². The van der Waals surface area contributed by atoms with E-state index in [-0.39, 0.29) is 16.2 Å². The molecule has 0 spiro atoms. The number of para-hydroxylation sites is 2. The van der Waals surface area contributed by atoms with E-state index in [0.29, 0.717) is 0 Å². The molecule has 0 bridgehead atoms. The maximum absolute atomic E-state index is 6.45. The summed E-state index contributed by atoms with van der Waals surface area (Å²) in [7, 11) is -1.07. The summed E-state index contributed by atoms with van der Waals surface area (Å²) in [4.78, 5) is 0. The van der Waals surface area contributed by atoms with Gasteiger partial charge >= 0.3 is 0 Å². The first kappa shape index (κ1) is 17.1. The Labute approximate surface area is 126 Å². The number of hydrogen-bond donors (Lipinski definition) is 0. The third-order valence-corrected chi connectivity index (χ3v) is 5.94. The van der Waals surface area contributed by atoms with Crippen LogP contribution in [-0.4, -0.2) is 15.1 Å². The standard InChI is InChI=1S/C17H29O2Si/c1-13(2)18-14-11-9-10-12-15(14)19-20(16(3,4)5)17(6,7)8/h9-13H,1-8H3. The predicted molar refractivity (Wildman–Crippen MR) is 88.0 cm³/mol. The molecule has 0 aliphatic heterocycles. The smallest absolute Gasteiger partial charge is 0.292 e. The van der Waals surface area contributed by atoms with Gasteiger partial charge in [-0.25, -0.2) is 0 Å². The van der Waals surface area contributed by atoms with Crippen LogP contribution in [0.25, 0.3) is 0 Å². The molecule has 1 aromatic carbocycles. The molecule has 0 amide bonds. The molecule has 2 nitrogen and oxygen atoms in total. The fraction of sp³-hybridized carbons (Fsp3) is 0.647. The average Bonchev–Trinajstić information content (AvgIpc) is 2.23. The van der Waals surface area contributed by atoms with Gasteiger partial charge < -0.3 is 9.16 Å². The van der Waals surface area contributed by atoms with Crippen molar-refractivity contribution in [2.24, 2.45) is 0 Å². The molecule has 0 atom stereocenters. The highest BCUT2D eigenvalue weighted by Gasteiger charge is 2.41. The van der Waals surface area contributed by atoms with E-state index in [0.717, 1.165) is 11.5 Å². The Balaban J connectivity index is 3.06. The van der Waals surface area contributed by atoms with Crippen LogP contribution in [0.15, 0.2) is 24.3 Å². The Morgan fingerprint density at radius 3 is 1.70 bits per heavy atom. The lowest BCUT2D eigenvalue weighted by Crippen LogP contribution is -2.41. The van der Waals surface area contributed by atoms with E-state index >= 15 is 0 Å². The van der Waals surface area contributed by atoms with E-state index < -0.39 is 9.04 Å². The lowest BCUT2D eigenvalue weighted by atomic mass is 10.2. The Bertz CT molecular complexity index is 413. The minimum Gasteiger partial charge on any atom is -0.538 e. The normalized spacial score (nSPS) is 12.9. The van der Waals surface area contributed by atoms with Crippen LogP contribution in [0.3, 0.4) is 0 Å². The largest absolute Gasteiger partial charge is 0.538 e. The average molecular weight is 294 g/mol. The van der Waals surface area contributed by atoms with E-state index in [1.165, 1.54) is 0 Å². The zero-order valence-electron chi connectivity index (χ0n) is 14.2. The maximum Gasteiger partial charge on any atom is 0.292 e. The van der Waals surface area contributed by atoms with Crippen LogP contribution in [0.1, 0.15) is 55.4 Å². The van der Waals surface area contributed by atoms with Gasteiger partial charge in [0.05, 0.1) is 6.10 Å². The van der Waals surface area contributed by atoms with Crippen LogP contribution in [0.4, 0.5) is 0 Å². The third kappa shape index (κ3) is 4.86. The summed E-state index contributed by atoms with van der Waals surface area (Å²) >= 11 is 0. The second-order valence-corrected chi connectivity index (χ2v) is 11.4. The van der Waals surface area contributed by atoms with Crippen molar-refractivity contribution in [3.05, 3.63) is 24.3 Å². The van der Waals surface area contributed by atoms with Crippen molar-refractivity contribution in [1.82, 2.24) is 0 Å². The zero-order chi connectivity index (χ0) is 15.6. The third-order valence-electron chi connectivity index (χ3n) is 2.79. The summed E-state index contributed by atoms with van der Waals surface area (Å²) in [6.07, 6.45) is 0.152. The Morgan fingerprint density at radius 1 is 0.850 bits per heavy atom. The van der Waals surface area contributed by atoms with Gasteiger partial charge in [0.1, 0.15) is 5.75 Å². The van der Waals surface area contributed by atoms with Gasteiger partial charge in [-0.05, 0) is 36.1 Å². The lowest BCUT2D eigenvalue weighted by molar-refractivity contribution is 0.235. The SMILES string of the molecule is CC(C)Oc1ccccc1O[Si](C(C)(C)C)C(C)(C)C. The van der Waals surface area contributed by atoms with Crippen molar-refractivity contribution in [3.8, 4) is 11.5 Å². The van der Waals surface area contributed by atoms with Gasteiger partial charge in [-0.1, -0.05) is 53.7 Å². The Morgan fingerprint density at radius 2 is 1.30 bits per heavy atom. The Kier molecular flexibility index (Phi) is 5.31. The van der Waals surface area contributed by atoms with Gasteiger partial charge in [-0.15, -0.1) is 0 Å². The molecule has 0 heterocycles. The van der Waals surface area contributed by atoms with Crippen molar-refractivity contribution < 1.29 is 9.16 Å². The highest BCUT2D eigenvalue weighted by Crippen LogP contribution is 2.44. The van der Waals surface area contributed by atoms with Crippen LogP contribution < -0.4 is 9.16 Å². The van der Waals surface area contributed by atoms with Gasteiger partial charge in [-0.3, -0.25) is 0 Å². The second kappa shape index (κ2) is 6.21. The van der Waals surface area contributed by atoms with E-state index in [1.807, 2.05) is 38.1 Å². The van der Waals surface area contributed by atoms with Crippen molar-refractivity contribution in [2.75, 3.05) is 0 Å². The molecule has 1 rings (SSSR count). The van der Waals surface area contributed by atoms with E-state index in [9.17, 15) is 0 Å². The maximum atomic E-state index is 6.45. The van der Waals surface area contributed by atoms with E-state index in [4.69, 9.17) is 9.16 Å². The van der Waals surface area contributed by atoms with Gasteiger partial charge in [0.15, 0.2) is 5.75 Å². The number of hydrogen-bond acceptors (Lipinski definition) is 2. The minimum absolute atomic E-state index is 0.152. The van der Waals surface area contributed by atoms with Crippen LogP contribution in [0, 0.1) is 0 Å². The monoisotopic (exact) mass is 293 g/mol. The molecule has 0 aromatic heterocycles. The molecule has 0 N–H and O–H groups in total. The highest BCUT2D eigenvalue weighted by molar-refractivity contribution is 6.59. The van der Waals surface area contributed by atoms with Crippen LogP contribution in [0.5, 0.6) is 11.5 Å². The molecule has 20 heavy (non-hydrogen) atoms. The summed E-state index contributed by atoms with van der Waals surface area (Å²) < 4.78 is 12.3. The van der Waals surface area contributed by atoms with Gasteiger partial charge in [0.2, 0.25) is 0 Å². The fourth-order valence-electron chi connectivity index (χ4n) is 2.43. The van der Waals surface area contributed by atoms with Crippen molar-refractivity contribution >= 4 is 9.04 Å². The van der Waals surface area contributed by atoms with Gasteiger partial charge in [0, 0.05) is 0 Å². The molecular weight excluding hydrogens is 264 g/mol. The number of benzene rings is 1. The molecule has 0 saturated carbocycles. The first-order valence-electron chi connectivity index (χ1n) is 7.33. The summed E-state index contributed by atoms with van der Waals surface area (Å²) in [6.45, 7) is 17.6. The molecule has 0 fully saturated rings. The molecule has 113 valence electrons. The summed E-state index contributed by atoms with van der Waals surface area (Å²) in [6, 6.07) is 8.00. The first-order chi connectivity index (χ1) is 9.01. The quantitative estimate of drug-likeness (QED) is 0.688. The summed E-state index contributed by atoms with van der Waals surface area (Å²) in [5.74, 6) is 1.72.